The van der Waals surface area contributed by atoms with Gasteiger partial charge in [0.25, 0.3) is 5.56 Å². The van der Waals surface area contributed by atoms with E-state index < -0.39 is 18.3 Å². The smallest absolute Gasteiger partial charge is 0.378 e. The van der Waals surface area contributed by atoms with Crippen molar-refractivity contribution in [3.05, 3.63) is 21.6 Å². The minimum absolute atomic E-state index is 0.0842. The third-order valence-corrected chi connectivity index (χ3v) is 3.34. The van der Waals surface area contributed by atoms with E-state index in [9.17, 15) is 18.0 Å². The van der Waals surface area contributed by atoms with E-state index in [-0.39, 0.29) is 16.8 Å². The summed E-state index contributed by atoms with van der Waals surface area (Å²) in [5.74, 6) is 0. The predicted octanol–water partition coefficient (Wildman–Crippen LogP) is 1.62. The summed E-state index contributed by atoms with van der Waals surface area (Å²) in [6.07, 6.45) is -1.48. The topological polar surface area (TPSA) is 59.0 Å². The molecule has 1 aliphatic rings. The maximum absolute atomic E-state index is 12.3. The van der Waals surface area contributed by atoms with Gasteiger partial charge >= 0.3 is 6.18 Å². The van der Waals surface area contributed by atoms with Crippen LogP contribution in [-0.2, 0) is 6.54 Å². The molecule has 112 valence electrons. The maximum Gasteiger partial charge on any atom is 0.408 e. The van der Waals surface area contributed by atoms with Crippen LogP contribution in [0.5, 0.6) is 0 Å². The Bertz CT molecular complexity index is 525. The van der Waals surface area contributed by atoms with Crippen LogP contribution < -0.4 is 16.2 Å². The fourth-order valence-corrected chi connectivity index (χ4v) is 2.24. The highest BCUT2D eigenvalue weighted by atomic mass is 35.5. The lowest BCUT2D eigenvalue weighted by molar-refractivity contribution is -0.143. The lowest BCUT2D eigenvalue weighted by Crippen LogP contribution is -2.39. The van der Waals surface area contributed by atoms with Crippen molar-refractivity contribution in [3.63, 3.8) is 0 Å². The molecular formula is C11H14ClF3N4O. The minimum Gasteiger partial charge on any atom is -0.378 e. The van der Waals surface area contributed by atoms with Crippen LogP contribution in [0, 0.1) is 0 Å². The van der Waals surface area contributed by atoms with Crippen molar-refractivity contribution in [3.8, 4) is 0 Å². The Hall–Kier alpha value is -1.28. The molecule has 9 heteroatoms. The zero-order chi connectivity index (χ0) is 14.8. The van der Waals surface area contributed by atoms with Gasteiger partial charge in [-0.3, -0.25) is 4.79 Å². The van der Waals surface area contributed by atoms with Crippen molar-refractivity contribution in [1.29, 1.82) is 0 Å². The fraction of sp³-hybridized carbons (Fsp3) is 0.636. The van der Waals surface area contributed by atoms with E-state index in [1.807, 2.05) is 0 Å². The lowest BCUT2D eigenvalue weighted by Gasteiger charge is -2.25. The Kier molecular flexibility index (Phi) is 4.54. The van der Waals surface area contributed by atoms with E-state index >= 15 is 0 Å². The van der Waals surface area contributed by atoms with E-state index in [0.29, 0.717) is 11.2 Å². The molecule has 20 heavy (non-hydrogen) atoms. The number of anilines is 1. The van der Waals surface area contributed by atoms with Gasteiger partial charge in [0.05, 0.1) is 11.9 Å². The average Bonchev–Trinajstić information content (AvgIpc) is 2.38. The fourth-order valence-electron chi connectivity index (χ4n) is 2.04. The van der Waals surface area contributed by atoms with Gasteiger partial charge in [-0.05, 0) is 19.4 Å². The highest BCUT2D eigenvalue weighted by molar-refractivity contribution is 6.32. The van der Waals surface area contributed by atoms with Crippen LogP contribution in [0.4, 0.5) is 18.9 Å². The molecule has 2 rings (SSSR count). The summed E-state index contributed by atoms with van der Waals surface area (Å²) in [5, 5.41) is 9.44. The molecule has 1 fully saturated rings. The van der Waals surface area contributed by atoms with Gasteiger partial charge in [-0.15, -0.1) is 0 Å². The van der Waals surface area contributed by atoms with Crippen LogP contribution in [0.2, 0.25) is 5.02 Å². The van der Waals surface area contributed by atoms with Crippen LogP contribution in [0.1, 0.15) is 12.8 Å². The number of nitrogens with zero attached hydrogens (tertiary/aromatic N) is 2. The first-order chi connectivity index (χ1) is 9.37. The molecule has 0 radical (unpaired) electrons. The van der Waals surface area contributed by atoms with Crippen molar-refractivity contribution in [2.24, 2.45) is 0 Å². The van der Waals surface area contributed by atoms with Gasteiger partial charge in [-0.2, -0.15) is 18.3 Å². The van der Waals surface area contributed by atoms with Gasteiger partial charge in [0, 0.05) is 12.6 Å². The molecule has 2 heterocycles. The zero-order valence-corrected chi connectivity index (χ0v) is 11.3. The molecule has 0 amide bonds. The van der Waals surface area contributed by atoms with Crippen molar-refractivity contribution >= 4 is 17.3 Å². The molecule has 0 aromatic carbocycles. The Balaban J connectivity index is 2.15. The summed E-state index contributed by atoms with van der Waals surface area (Å²) in [6.45, 7) is 0.191. The molecule has 0 saturated carbocycles. The quantitative estimate of drug-likeness (QED) is 0.891. The summed E-state index contributed by atoms with van der Waals surface area (Å²) < 4.78 is 37.1. The Morgan fingerprint density at radius 2 is 2.30 bits per heavy atom. The van der Waals surface area contributed by atoms with E-state index in [0.717, 1.165) is 25.6 Å². The van der Waals surface area contributed by atoms with Gasteiger partial charge in [0.2, 0.25) is 0 Å². The number of hydrogen-bond donors (Lipinski definition) is 2. The first kappa shape index (κ1) is 15.1. The molecular weight excluding hydrogens is 297 g/mol. The third kappa shape index (κ3) is 3.86. The van der Waals surface area contributed by atoms with Crippen LogP contribution in [0.15, 0.2) is 11.0 Å². The Morgan fingerprint density at radius 1 is 1.55 bits per heavy atom. The first-order valence-electron chi connectivity index (χ1n) is 6.16. The Morgan fingerprint density at radius 3 is 2.90 bits per heavy atom. The van der Waals surface area contributed by atoms with Crippen LogP contribution >= 0.6 is 11.6 Å². The zero-order valence-electron chi connectivity index (χ0n) is 10.5. The van der Waals surface area contributed by atoms with Gasteiger partial charge in [-0.25, -0.2) is 4.68 Å². The van der Waals surface area contributed by atoms with Crippen molar-refractivity contribution in [2.75, 3.05) is 18.4 Å². The van der Waals surface area contributed by atoms with E-state index in [1.54, 1.807) is 0 Å². The maximum atomic E-state index is 12.3. The minimum atomic E-state index is -4.51. The van der Waals surface area contributed by atoms with E-state index in [4.69, 9.17) is 11.6 Å². The lowest BCUT2D eigenvalue weighted by atomic mass is 10.1. The van der Waals surface area contributed by atoms with Crippen LogP contribution in [-0.4, -0.2) is 35.1 Å². The monoisotopic (exact) mass is 310 g/mol. The molecule has 2 N–H and O–H groups in total. The molecule has 1 aromatic rings. The molecule has 0 bridgehead atoms. The second kappa shape index (κ2) is 6.01. The standard InChI is InChI=1S/C11H14ClF3N4O/c12-9-8(18-7-2-1-3-16-4-7)5-17-19(10(9)20)6-11(13,14)15/h5,7,16,18H,1-4,6H2. The summed E-state index contributed by atoms with van der Waals surface area (Å²) in [7, 11) is 0. The molecule has 1 aromatic heterocycles. The summed E-state index contributed by atoms with van der Waals surface area (Å²) in [5.41, 5.74) is -0.679. The highest BCUT2D eigenvalue weighted by Crippen LogP contribution is 2.20. The number of hydrogen-bond acceptors (Lipinski definition) is 4. The molecule has 1 unspecified atom stereocenters. The normalized spacial score (nSPS) is 19.9. The van der Waals surface area contributed by atoms with Gasteiger partial charge < -0.3 is 10.6 Å². The van der Waals surface area contributed by atoms with E-state index in [1.165, 1.54) is 0 Å². The molecule has 1 atom stereocenters. The van der Waals surface area contributed by atoms with Crippen molar-refractivity contribution in [2.45, 2.75) is 31.6 Å². The van der Waals surface area contributed by atoms with Gasteiger partial charge in [0.15, 0.2) is 0 Å². The molecule has 0 spiro atoms. The second-order valence-corrected chi connectivity index (χ2v) is 5.02. The predicted molar refractivity (Wildman–Crippen MR) is 69.1 cm³/mol. The highest BCUT2D eigenvalue weighted by Gasteiger charge is 2.30. The number of halogens is 4. The van der Waals surface area contributed by atoms with Crippen LogP contribution in [0.3, 0.4) is 0 Å². The number of nitrogens with one attached hydrogen (secondary N) is 2. The van der Waals surface area contributed by atoms with E-state index in [2.05, 4.69) is 15.7 Å². The number of piperidine rings is 1. The van der Waals surface area contributed by atoms with Crippen LogP contribution in [0.25, 0.3) is 0 Å². The number of alkyl halides is 3. The van der Waals surface area contributed by atoms with Gasteiger partial charge in [-0.1, -0.05) is 11.6 Å². The number of rotatable bonds is 3. The molecule has 1 aliphatic heterocycles. The SMILES string of the molecule is O=c1c(Cl)c(NC2CCCNC2)cnn1CC(F)(F)F. The first-order valence-corrected chi connectivity index (χ1v) is 6.54. The summed E-state index contributed by atoms with van der Waals surface area (Å²) in [6, 6.07) is 0.0842. The largest absolute Gasteiger partial charge is 0.408 e. The van der Waals surface area contributed by atoms with Gasteiger partial charge in [0.1, 0.15) is 11.6 Å². The second-order valence-electron chi connectivity index (χ2n) is 4.64. The molecule has 5 nitrogen and oxygen atoms in total. The summed E-state index contributed by atoms with van der Waals surface area (Å²) >= 11 is 5.82. The molecule has 0 aliphatic carbocycles. The third-order valence-electron chi connectivity index (χ3n) is 2.97. The van der Waals surface area contributed by atoms with Crippen molar-refractivity contribution < 1.29 is 13.2 Å². The summed E-state index contributed by atoms with van der Waals surface area (Å²) in [4.78, 5) is 11.7. The average molecular weight is 311 g/mol. The number of aromatic nitrogens is 2. The Labute approximate surface area is 118 Å². The molecule has 1 saturated heterocycles. The van der Waals surface area contributed by atoms with Crippen molar-refractivity contribution in [1.82, 2.24) is 15.1 Å².